The van der Waals surface area contributed by atoms with Gasteiger partial charge >= 0.3 is 5.97 Å². The fourth-order valence-corrected chi connectivity index (χ4v) is 3.72. The molecule has 1 fully saturated rings. The molecule has 0 bridgehead atoms. The Balaban J connectivity index is 2.27. The number of piperidine rings is 1. The highest BCUT2D eigenvalue weighted by Crippen LogP contribution is 2.32. The van der Waals surface area contributed by atoms with Crippen LogP contribution in [0.3, 0.4) is 0 Å². The fraction of sp³-hybridized carbons (Fsp3) is 0.688. The highest BCUT2D eigenvalue weighted by atomic mass is 32.1. The minimum atomic E-state index is -0.818. The molecule has 1 aliphatic heterocycles. The zero-order valence-corrected chi connectivity index (χ0v) is 14.7. The van der Waals surface area contributed by atoms with Crippen LogP contribution in [-0.4, -0.2) is 39.5 Å². The van der Waals surface area contributed by atoms with Gasteiger partial charge in [-0.05, 0) is 26.7 Å². The van der Waals surface area contributed by atoms with E-state index in [0.29, 0.717) is 11.3 Å². The van der Waals surface area contributed by atoms with E-state index in [1.165, 1.54) is 11.3 Å². The van der Waals surface area contributed by atoms with Crippen LogP contribution in [-0.2, 0) is 10.2 Å². The Morgan fingerprint density at radius 1 is 1.32 bits per heavy atom. The highest BCUT2D eigenvalue weighted by molar-refractivity contribution is 7.14. The van der Waals surface area contributed by atoms with E-state index >= 15 is 0 Å². The van der Waals surface area contributed by atoms with Crippen LogP contribution in [0.5, 0.6) is 0 Å². The quantitative estimate of drug-likeness (QED) is 0.907. The van der Waals surface area contributed by atoms with E-state index in [1.54, 1.807) is 4.90 Å². The van der Waals surface area contributed by atoms with Crippen molar-refractivity contribution in [2.24, 2.45) is 5.92 Å². The van der Waals surface area contributed by atoms with Crippen LogP contribution in [0.2, 0.25) is 0 Å². The number of aryl methyl sites for hydroxylation is 1. The zero-order valence-electron chi connectivity index (χ0n) is 13.8. The molecule has 6 heteroatoms. The van der Waals surface area contributed by atoms with Gasteiger partial charge in [0.1, 0.15) is 4.88 Å². The van der Waals surface area contributed by atoms with Gasteiger partial charge in [-0.15, -0.1) is 11.3 Å². The van der Waals surface area contributed by atoms with Gasteiger partial charge in [0.2, 0.25) is 0 Å². The van der Waals surface area contributed by atoms with Crippen molar-refractivity contribution >= 4 is 23.2 Å². The second kappa shape index (κ2) is 5.99. The molecule has 0 aliphatic carbocycles. The topological polar surface area (TPSA) is 70.5 Å². The fourth-order valence-electron chi connectivity index (χ4n) is 2.64. The molecule has 122 valence electrons. The summed E-state index contributed by atoms with van der Waals surface area (Å²) in [6.45, 7) is 10.3. The molecular formula is C16H24N2O3S. The summed E-state index contributed by atoms with van der Waals surface area (Å²) >= 11 is 1.43. The number of carbonyl (C=O) groups excluding carboxylic acids is 1. The smallest absolute Gasteiger partial charge is 0.308 e. The third kappa shape index (κ3) is 3.32. The number of hydrogen-bond donors (Lipinski definition) is 1. The number of aromatic nitrogens is 1. The third-order valence-electron chi connectivity index (χ3n) is 4.12. The first kappa shape index (κ1) is 16.9. The molecule has 0 spiro atoms. The van der Waals surface area contributed by atoms with E-state index in [2.05, 4.69) is 25.8 Å². The zero-order chi connectivity index (χ0) is 16.7. The molecule has 2 unspecified atom stereocenters. The molecule has 2 atom stereocenters. The summed E-state index contributed by atoms with van der Waals surface area (Å²) < 4.78 is 0. The van der Waals surface area contributed by atoms with Gasteiger partial charge in [0.15, 0.2) is 0 Å². The molecule has 1 aromatic heterocycles. The monoisotopic (exact) mass is 324 g/mol. The number of rotatable bonds is 2. The number of hydrogen-bond acceptors (Lipinski definition) is 4. The van der Waals surface area contributed by atoms with Crippen LogP contribution in [0, 0.1) is 12.8 Å². The summed E-state index contributed by atoms with van der Waals surface area (Å²) in [7, 11) is 0. The van der Waals surface area contributed by atoms with Crippen LogP contribution in [0.15, 0.2) is 0 Å². The first-order valence-corrected chi connectivity index (χ1v) is 8.44. The number of carboxylic acid groups (broad SMARTS) is 1. The van der Waals surface area contributed by atoms with Gasteiger partial charge in [0.25, 0.3) is 5.91 Å². The second-order valence-electron chi connectivity index (χ2n) is 7.10. The molecule has 1 amide bonds. The first-order valence-electron chi connectivity index (χ1n) is 7.63. The number of carbonyl (C=O) groups is 2. The molecule has 1 N–H and O–H groups in total. The largest absolute Gasteiger partial charge is 0.481 e. The summed E-state index contributed by atoms with van der Waals surface area (Å²) in [5.74, 6) is -1.36. The number of carboxylic acids is 1. The highest BCUT2D eigenvalue weighted by Gasteiger charge is 2.35. The van der Waals surface area contributed by atoms with Crippen molar-refractivity contribution in [2.75, 3.05) is 6.54 Å². The van der Waals surface area contributed by atoms with Gasteiger partial charge in [-0.2, -0.15) is 0 Å². The van der Waals surface area contributed by atoms with Crippen LogP contribution < -0.4 is 0 Å². The molecule has 1 aromatic rings. The summed E-state index contributed by atoms with van der Waals surface area (Å²) in [5.41, 5.74) is 0.648. The van der Waals surface area contributed by atoms with Crippen molar-refractivity contribution in [3.05, 3.63) is 15.6 Å². The average molecular weight is 324 g/mol. The Labute approximate surface area is 135 Å². The number of nitrogens with zero attached hydrogens (tertiary/aromatic N) is 2. The maximum absolute atomic E-state index is 12.8. The minimum absolute atomic E-state index is 0.0719. The maximum atomic E-state index is 12.8. The molecule has 5 nitrogen and oxygen atoms in total. The van der Waals surface area contributed by atoms with Gasteiger partial charge in [-0.1, -0.05) is 20.8 Å². The number of aliphatic carboxylic acids is 1. The van der Waals surface area contributed by atoms with Gasteiger partial charge < -0.3 is 10.0 Å². The minimum Gasteiger partial charge on any atom is -0.481 e. The lowest BCUT2D eigenvalue weighted by Crippen LogP contribution is -2.47. The van der Waals surface area contributed by atoms with E-state index in [-0.39, 0.29) is 23.9 Å². The van der Waals surface area contributed by atoms with E-state index in [0.717, 1.165) is 17.1 Å². The third-order valence-corrected chi connectivity index (χ3v) is 5.70. The van der Waals surface area contributed by atoms with Crippen LogP contribution in [0.25, 0.3) is 0 Å². The SMILES string of the molecule is Cc1nc(C(C)(C)C)sc1C(=O)N1CC(C(=O)O)CCC1C. The molecular weight excluding hydrogens is 300 g/mol. The molecule has 2 rings (SSSR count). The van der Waals surface area contributed by atoms with Crippen LogP contribution >= 0.6 is 11.3 Å². The number of likely N-dealkylation sites (tertiary alicyclic amines) is 1. The lowest BCUT2D eigenvalue weighted by molar-refractivity contribution is -0.143. The molecule has 2 heterocycles. The van der Waals surface area contributed by atoms with Gasteiger partial charge in [-0.25, -0.2) is 4.98 Å². The average Bonchev–Trinajstić information content (AvgIpc) is 2.80. The molecule has 0 radical (unpaired) electrons. The van der Waals surface area contributed by atoms with Crippen molar-refractivity contribution in [1.29, 1.82) is 0 Å². The van der Waals surface area contributed by atoms with Crippen LogP contribution in [0.1, 0.15) is 60.9 Å². The lowest BCUT2D eigenvalue weighted by atomic mass is 9.93. The van der Waals surface area contributed by atoms with Crippen LogP contribution in [0.4, 0.5) is 0 Å². The maximum Gasteiger partial charge on any atom is 0.308 e. The Hall–Kier alpha value is -1.43. The standard InChI is InChI=1S/C16H24N2O3S/c1-9-6-7-11(14(20)21)8-18(9)13(19)12-10(2)17-15(22-12)16(3,4)5/h9,11H,6-8H2,1-5H3,(H,20,21). The van der Waals surface area contributed by atoms with Crippen molar-refractivity contribution in [2.45, 2.75) is 58.9 Å². The van der Waals surface area contributed by atoms with E-state index in [9.17, 15) is 14.7 Å². The molecule has 0 aromatic carbocycles. The van der Waals surface area contributed by atoms with Crippen molar-refractivity contribution < 1.29 is 14.7 Å². The predicted molar refractivity (Wildman–Crippen MR) is 86.4 cm³/mol. The second-order valence-corrected chi connectivity index (χ2v) is 8.10. The Kier molecular flexibility index (Phi) is 4.61. The Bertz CT molecular complexity index is 589. The van der Waals surface area contributed by atoms with Crippen molar-refractivity contribution in [1.82, 2.24) is 9.88 Å². The number of amides is 1. The predicted octanol–water partition coefficient (Wildman–Crippen LogP) is 3.07. The van der Waals surface area contributed by atoms with Gasteiger partial charge in [0, 0.05) is 18.0 Å². The summed E-state index contributed by atoms with van der Waals surface area (Å²) in [6.07, 6.45) is 1.36. The Morgan fingerprint density at radius 3 is 2.45 bits per heavy atom. The lowest BCUT2D eigenvalue weighted by Gasteiger charge is -2.36. The summed E-state index contributed by atoms with van der Waals surface area (Å²) in [6, 6.07) is 0.0719. The van der Waals surface area contributed by atoms with Crippen molar-refractivity contribution in [3.63, 3.8) is 0 Å². The summed E-state index contributed by atoms with van der Waals surface area (Å²) in [5, 5.41) is 10.2. The molecule has 22 heavy (non-hydrogen) atoms. The van der Waals surface area contributed by atoms with E-state index in [4.69, 9.17) is 0 Å². The normalized spacial score (nSPS) is 22.7. The number of thiazole rings is 1. The first-order chi connectivity index (χ1) is 10.1. The van der Waals surface area contributed by atoms with Gasteiger partial charge in [0.05, 0.1) is 16.6 Å². The van der Waals surface area contributed by atoms with E-state index in [1.807, 2.05) is 13.8 Å². The van der Waals surface area contributed by atoms with E-state index < -0.39 is 11.9 Å². The molecule has 0 saturated carbocycles. The van der Waals surface area contributed by atoms with Gasteiger partial charge in [-0.3, -0.25) is 9.59 Å². The molecule has 1 saturated heterocycles. The Morgan fingerprint density at radius 2 is 1.95 bits per heavy atom. The van der Waals surface area contributed by atoms with Crippen molar-refractivity contribution in [3.8, 4) is 0 Å². The molecule has 1 aliphatic rings. The summed E-state index contributed by atoms with van der Waals surface area (Å²) in [4.78, 5) is 30.9.